The van der Waals surface area contributed by atoms with Gasteiger partial charge in [0.2, 0.25) is 21.9 Å². The van der Waals surface area contributed by atoms with Crippen molar-refractivity contribution in [3.05, 3.63) is 23.8 Å². The van der Waals surface area contributed by atoms with Gasteiger partial charge < -0.3 is 10.6 Å². The van der Waals surface area contributed by atoms with Gasteiger partial charge in [-0.2, -0.15) is 9.57 Å². The number of hydrogen-bond acceptors (Lipinski definition) is 7. The second-order valence-corrected chi connectivity index (χ2v) is 13.9. The number of piperidine rings is 1. The molecule has 39 heavy (non-hydrogen) atoms. The van der Waals surface area contributed by atoms with Gasteiger partial charge in [-0.15, -0.1) is 0 Å². The zero-order chi connectivity index (χ0) is 27.6. The van der Waals surface area contributed by atoms with E-state index in [4.69, 9.17) is 0 Å². The number of fused-ring (bicyclic) bond motifs is 2. The SMILES string of the molecule is CC1(N2Cc3cc(NC4NN([C@H]5CCCC[C@@H]5C#N)C5CCNC(=O)C45)ccc3S2(=O)=O)CCC(F)(F)CC1. The number of sulfonamides is 1. The molecule has 0 spiro atoms. The zero-order valence-corrected chi connectivity index (χ0v) is 22.9. The molecule has 9 nitrogen and oxygen atoms in total. The van der Waals surface area contributed by atoms with Crippen molar-refractivity contribution in [3.63, 3.8) is 0 Å². The highest BCUT2D eigenvalue weighted by Crippen LogP contribution is 2.47. The van der Waals surface area contributed by atoms with Crippen LogP contribution in [0.5, 0.6) is 0 Å². The number of anilines is 1. The Hall–Kier alpha value is -2.33. The summed E-state index contributed by atoms with van der Waals surface area (Å²) in [5, 5.41) is 18.3. The molecular formula is C27H36F2N6O3S. The first-order valence-corrected chi connectivity index (χ1v) is 15.5. The standard InChI is InChI=1S/C27H36F2N6O3S/c1-26(9-11-27(28,29)12-10-26)34-16-18-14-19(6-7-22(18)39(34,37)38)32-24-23-21(8-13-31-25(23)36)35(33-24)20-5-3-2-4-17(20)15-30/h6-7,14,17,20-21,23-24,32-33H,2-5,8-13,16H2,1H3,(H,31,36)/t17-,20+,21?,23?,24?/m1/s1. The molecule has 3 unspecified atom stereocenters. The lowest BCUT2D eigenvalue weighted by molar-refractivity contribution is -0.128. The monoisotopic (exact) mass is 562 g/mol. The largest absolute Gasteiger partial charge is 0.368 e. The average Bonchev–Trinajstić information content (AvgIpc) is 3.41. The van der Waals surface area contributed by atoms with Gasteiger partial charge in [-0.25, -0.2) is 27.6 Å². The summed E-state index contributed by atoms with van der Waals surface area (Å²) < 4.78 is 55.9. The quantitative estimate of drug-likeness (QED) is 0.516. The van der Waals surface area contributed by atoms with Crippen LogP contribution in [0.4, 0.5) is 14.5 Å². The van der Waals surface area contributed by atoms with E-state index in [2.05, 4.69) is 27.1 Å². The van der Waals surface area contributed by atoms with Crippen molar-refractivity contribution in [2.75, 3.05) is 11.9 Å². The number of nitrogens with one attached hydrogen (secondary N) is 3. The first-order chi connectivity index (χ1) is 18.5. The smallest absolute Gasteiger partial charge is 0.248 e. The molecule has 3 heterocycles. The number of hydrogen-bond donors (Lipinski definition) is 3. The summed E-state index contributed by atoms with van der Waals surface area (Å²) >= 11 is 0. The van der Waals surface area contributed by atoms with Crippen molar-refractivity contribution in [2.24, 2.45) is 11.8 Å². The second kappa shape index (κ2) is 9.65. The predicted molar refractivity (Wildman–Crippen MR) is 140 cm³/mol. The Morgan fingerprint density at radius 1 is 1.10 bits per heavy atom. The van der Waals surface area contributed by atoms with Crippen molar-refractivity contribution in [2.45, 2.75) is 106 Å². The van der Waals surface area contributed by atoms with Crippen molar-refractivity contribution in [1.82, 2.24) is 20.1 Å². The maximum atomic E-state index is 13.8. The first-order valence-electron chi connectivity index (χ1n) is 14.0. The Balaban J connectivity index is 1.23. The molecule has 3 aliphatic heterocycles. The highest BCUT2D eigenvalue weighted by molar-refractivity contribution is 7.89. The Morgan fingerprint density at radius 3 is 2.59 bits per heavy atom. The summed E-state index contributed by atoms with van der Waals surface area (Å²) in [5.74, 6) is -3.24. The van der Waals surface area contributed by atoms with Crippen molar-refractivity contribution in [3.8, 4) is 6.07 Å². The molecule has 0 bridgehead atoms. The van der Waals surface area contributed by atoms with Crippen molar-refractivity contribution in [1.29, 1.82) is 5.26 Å². The zero-order valence-electron chi connectivity index (χ0n) is 22.1. The molecule has 1 aromatic rings. The molecule has 1 aromatic carbocycles. The Bertz CT molecular complexity index is 1290. The van der Waals surface area contributed by atoms with Gasteiger partial charge >= 0.3 is 0 Å². The molecule has 0 aromatic heterocycles. The minimum Gasteiger partial charge on any atom is -0.368 e. The Morgan fingerprint density at radius 2 is 1.85 bits per heavy atom. The molecule has 2 aliphatic carbocycles. The van der Waals surface area contributed by atoms with Crippen molar-refractivity contribution < 1.29 is 22.0 Å². The average molecular weight is 563 g/mol. The molecule has 2 saturated carbocycles. The number of nitriles is 1. The van der Waals surface area contributed by atoms with Crippen LogP contribution in [0.2, 0.25) is 0 Å². The van der Waals surface area contributed by atoms with E-state index >= 15 is 0 Å². The van der Waals surface area contributed by atoms with Crippen molar-refractivity contribution >= 4 is 21.6 Å². The predicted octanol–water partition coefficient (Wildman–Crippen LogP) is 3.30. The van der Waals surface area contributed by atoms with Gasteiger partial charge in [0.05, 0.1) is 22.8 Å². The number of carbonyl (C=O) groups excluding carboxylic acids is 1. The van der Waals surface area contributed by atoms with Crippen LogP contribution >= 0.6 is 0 Å². The number of hydrazine groups is 1. The summed E-state index contributed by atoms with van der Waals surface area (Å²) in [4.78, 5) is 13.2. The maximum Gasteiger partial charge on any atom is 0.248 e. The van der Waals surface area contributed by atoms with E-state index in [0.29, 0.717) is 17.8 Å². The highest BCUT2D eigenvalue weighted by Gasteiger charge is 2.52. The van der Waals surface area contributed by atoms with E-state index in [0.717, 1.165) is 32.1 Å². The molecule has 5 aliphatic rings. The summed E-state index contributed by atoms with van der Waals surface area (Å²) in [6, 6.07) is 7.55. The van der Waals surface area contributed by atoms with Gasteiger partial charge in [0, 0.05) is 49.2 Å². The van der Waals surface area contributed by atoms with Gasteiger partial charge in [-0.1, -0.05) is 12.8 Å². The van der Waals surface area contributed by atoms with Gasteiger partial charge in [0.15, 0.2) is 0 Å². The van der Waals surface area contributed by atoms with E-state index in [-0.39, 0.29) is 67.0 Å². The van der Waals surface area contributed by atoms with Gasteiger partial charge in [-0.05, 0) is 62.8 Å². The fourth-order valence-electron chi connectivity index (χ4n) is 7.36. The molecule has 0 radical (unpaired) electrons. The lowest BCUT2D eigenvalue weighted by Crippen LogP contribution is -2.54. The van der Waals surface area contributed by atoms with Crippen LogP contribution in [0.3, 0.4) is 0 Å². The van der Waals surface area contributed by atoms with Gasteiger partial charge in [-0.3, -0.25) is 4.79 Å². The molecule has 4 fully saturated rings. The molecule has 3 N–H and O–H groups in total. The molecule has 5 atom stereocenters. The lowest BCUT2D eigenvalue weighted by Gasteiger charge is -2.42. The molecule has 212 valence electrons. The molecule has 2 saturated heterocycles. The summed E-state index contributed by atoms with van der Waals surface area (Å²) in [7, 11) is -3.80. The molecule has 6 rings (SSSR count). The third-order valence-corrected chi connectivity index (χ3v) is 11.7. The molecule has 1 amide bonds. The summed E-state index contributed by atoms with van der Waals surface area (Å²) in [6.07, 6.45) is 3.80. The number of amides is 1. The second-order valence-electron chi connectivity index (χ2n) is 12.1. The van der Waals surface area contributed by atoms with Gasteiger partial charge in [0.1, 0.15) is 6.17 Å². The number of halogens is 2. The van der Waals surface area contributed by atoms with E-state index in [1.54, 1.807) is 25.1 Å². The van der Waals surface area contributed by atoms with Crippen LogP contribution in [0, 0.1) is 23.2 Å². The van der Waals surface area contributed by atoms with E-state index in [1.807, 2.05) is 0 Å². The van der Waals surface area contributed by atoms with Crippen LogP contribution in [0.15, 0.2) is 23.1 Å². The number of carbonyl (C=O) groups is 1. The van der Waals surface area contributed by atoms with Crippen LogP contribution in [-0.2, 0) is 21.4 Å². The van der Waals surface area contributed by atoms with Crippen LogP contribution in [0.25, 0.3) is 0 Å². The minimum absolute atomic E-state index is 0.0372. The van der Waals surface area contributed by atoms with E-state index < -0.39 is 27.7 Å². The summed E-state index contributed by atoms with van der Waals surface area (Å²) in [5.41, 5.74) is 3.96. The van der Waals surface area contributed by atoms with Crippen LogP contribution < -0.4 is 16.1 Å². The number of alkyl halides is 2. The maximum absolute atomic E-state index is 13.8. The third-order valence-electron chi connectivity index (χ3n) is 9.64. The topological polar surface area (TPSA) is 118 Å². The third kappa shape index (κ3) is 4.61. The van der Waals surface area contributed by atoms with E-state index in [1.165, 1.54) is 4.31 Å². The number of nitrogens with zero attached hydrogens (tertiary/aromatic N) is 3. The summed E-state index contributed by atoms with van der Waals surface area (Å²) in [6.45, 7) is 2.49. The fourth-order valence-corrected chi connectivity index (χ4v) is 9.37. The number of rotatable bonds is 4. The van der Waals surface area contributed by atoms with Crippen LogP contribution in [0.1, 0.15) is 70.3 Å². The highest BCUT2D eigenvalue weighted by atomic mass is 32.2. The first kappa shape index (κ1) is 26.9. The lowest BCUT2D eigenvalue weighted by atomic mass is 9.81. The molecule has 12 heteroatoms. The molecular weight excluding hydrogens is 526 g/mol. The van der Waals surface area contributed by atoms with Gasteiger partial charge in [0.25, 0.3) is 0 Å². The fraction of sp³-hybridized carbons (Fsp3) is 0.704. The number of benzene rings is 1. The Kier molecular flexibility index (Phi) is 6.65. The normalized spacial score (nSPS) is 35.4. The minimum atomic E-state index is -3.80. The Labute approximate surface area is 228 Å². The van der Waals surface area contributed by atoms with Crippen LogP contribution in [-0.4, -0.2) is 59.9 Å². The van der Waals surface area contributed by atoms with E-state index in [9.17, 15) is 27.3 Å².